The summed E-state index contributed by atoms with van der Waals surface area (Å²) < 4.78 is 0. The molecule has 1 N–H and O–H groups in total. The van der Waals surface area contributed by atoms with Crippen molar-refractivity contribution in [3.63, 3.8) is 0 Å². The summed E-state index contributed by atoms with van der Waals surface area (Å²) in [6.07, 6.45) is 9.81. The summed E-state index contributed by atoms with van der Waals surface area (Å²) in [6.45, 7) is 6.79. The fourth-order valence-corrected chi connectivity index (χ4v) is 8.79. The molecule has 4 aliphatic carbocycles. The van der Waals surface area contributed by atoms with E-state index in [0.717, 1.165) is 51.4 Å². The van der Waals surface area contributed by atoms with Crippen LogP contribution in [0.3, 0.4) is 0 Å². The molecule has 1 aromatic rings. The van der Waals surface area contributed by atoms with Gasteiger partial charge < -0.3 is 10.2 Å². The largest absolute Gasteiger partial charge is 0.341 e. The Morgan fingerprint density at radius 1 is 1.00 bits per heavy atom. The highest BCUT2D eigenvalue weighted by Gasteiger charge is 2.66. The summed E-state index contributed by atoms with van der Waals surface area (Å²) in [4.78, 5) is 16.2. The fraction of sp³-hybridized carbons (Fsp3) is 0.720. The molecular weight excluding hydrogens is 344 g/mol. The number of likely N-dealkylation sites (tertiary alicyclic amines) is 1. The minimum atomic E-state index is -0.0848. The van der Waals surface area contributed by atoms with Gasteiger partial charge in [0.1, 0.15) is 0 Å². The van der Waals surface area contributed by atoms with Gasteiger partial charge in [-0.05, 0) is 86.8 Å². The fourth-order valence-electron chi connectivity index (χ4n) is 8.79. The number of nitrogens with one attached hydrogen (secondary N) is 1. The number of hydrogen-bond acceptors (Lipinski definition) is 2. The molecule has 2 aliphatic heterocycles. The third-order valence-corrected chi connectivity index (χ3v) is 9.19. The van der Waals surface area contributed by atoms with Crippen LogP contribution in [0, 0.1) is 22.2 Å². The number of carbonyl (C=O) groups excluding carboxylic acids is 1. The average Bonchev–Trinajstić information content (AvgIpc) is 2.65. The van der Waals surface area contributed by atoms with Crippen molar-refractivity contribution in [3.8, 4) is 0 Å². The highest BCUT2D eigenvalue weighted by Crippen LogP contribution is 2.70. The minimum absolute atomic E-state index is 0.0848. The normalized spacial score (nSPS) is 43.2. The zero-order chi connectivity index (χ0) is 19.0. The van der Waals surface area contributed by atoms with Gasteiger partial charge in [-0.2, -0.15) is 0 Å². The molecule has 3 heteroatoms. The number of rotatable bonds is 2. The van der Waals surface area contributed by atoms with Crippen LogP contribution in [0.2, 0.25) is 0 Å². The number of amides is 1. The predicted octanol–water partition coefficient (Wildman–Crippen LogP) is 4.13. The van der Waals surface area contributed by atoms with Gasteiger partial charge in [0.15, 0.2) is 0 Å². The second kappa shape index (κ2) is 5.62. The van der Waals surface area contributed by atoms with Crippen molar-refractivity contribution >= 4 is 5.91 Å². The summed E-state index contributed by atoms with van der Waals surface area (Å²) in [7, 11) is 0. The molecule has 0 radical (unpaired) electrons. The van der Waals surface area contributed by atoms with Crippen LogP contribution in [-0.2, 0) is 10.2 Å². The van der Waals surface area contributed by atoms with Crippen LogP contribution in [0.1, 0.15) is 63.9 Å². The Hall–Kier alpha value is -1.35. The van der Waals surface area contributed by atoms with Crippen LogP contribution in [0.4, 0.5) is 0 Å². The maximum atomic E-state index is 13.9. The summed E-state index contributed by atoms with van der Waals surface area (Å²) in [5.74, 6) is 1.26. The molecule has 4 saturated carbocycles. The van der Waals surface area contributed by atoms with Gasteiger partial charge in [0.05, 0.1) is 5.41 Å². The van der Waals surface area contributed by atoms with Crippen molar-refractivity contribution in [1.29, 1.82) is 0 Å². The molecule has 1 amide bonds. The zero-order valence-electron chi connectivity index (χ0n) is 17.3. The van der Waals surface area contributed by atoms with Gasteiger partial charge in [-0.3, -0.25) is 4.79 Å². The van der Waals surface area contributed by atoms with E-state index in [1.165, 1.54) is 37.7 Å². The van der Waals surface area contributed by atoms with Crippen molar-refractivity contribution in [2.24, 2.45) is 22.2 Å². The maximum absolute atomic E-state index is 13.9. The second-order valence-corrected chi connectivity index (χ2v) is 11.7. The van der Waals surface area contributed by atoms with Gasteiger partial charge in [0.25, 0.3) is 0 Å². The molecule has 0 aromatic heterocycles. The number of nitrogens with zero attached hydrogens (tertiary/aromatic N) is 1. The van der Waals surface area contributed by atoms with E-state index in [4.69, 9.17) is 0 Å². The summed E-state index contributed by atoms with van der Waals surface area (Å²) >= 11 is 0. The van der Waals surface area contributed by atoms with Crippen LogP contribution < -0.4 is 5.32 Å². The molecule has 28 heavy (non-hydrogen) atoms. The first-order valence-corrected chi connectivity index (χ1v) is 11.5. The summed E-state index contributed by atoms with van der Waals surface area (Å²) in [5.41, 5.74) is 2.44. The first-order chi connectivity index (χ1) is 13.4. The van der Waals surface area contributed by atoms with Crippen molar-refractivity contribution in [2.75, 3.05) is 26.2 Å². The third-order valence-electron chi connectivity index (χ3n) is 9.19. The number of piperidine rings is 1. The molecule has 2 unspecified atom stereocenters. The van der Waals surface area contributed by atoms with Crippen molar-refractivity contribution < 1.29 is 4.79 Å². The molecule has 1 spiro atoms. The highest BCUT2D eigenvalue weighted by molar-refractivity contribution is 5.84. The molecule has 7 rings (SSSR count). The monoisotopic (exact) mass is 378 g/mol. The zero-order valence-corrected chi connectivity index (χ0v) is 17.3. The van der Waals surface area contributed by atoms with E-state index >= 15 is 0 Å². The Morgan fingerprint density at radius 2 is 1.75 bits per heavy atom. The average molecular weight is 379 g/mol. The molecule has 2 saturated heterocycles. The first kappa shape index (κ1) is 17.5. The lowest BCUT2D eigenvalue weighted by molar-refractivity contribution is -0.182. The Bertz CT molecular complexity index is 792. The third kappa shape index (κ3) is 2.41. The van der Waals surface area contributed by atoms with Gasteiger partial charge in [0.2, 0.25) is 5.91 Å². The smallest absolute Gasteiger partial charge is 0.228 e. The Kier molecular flexibility index (Phi) is 3.51. The molecule has 150 valence electrons. The molecule has 1 aromatic carbocycles. The van der Waals surface area contributed by atoms with Gasteiger partial charge >= 0.3 is 0 Å². The molecule has 6 aliphatic rings. The lowest BCUT2D eigenvalue weighted by Gasteiger charge is -2.67. The number of carbonyl (C=O) groups is 1. The SMILES string of the molecule is C[C@]12CC3CC(C(=O)N4CC5(CCNCC5)C4)(C1)C[C@@](c1ccccc1)(C3)C2. The van der Waals surface area contributed by atoms with E-state index in [0.29, 0.717) is 16.7 Å². The Morgan fingerprint density at radius 3 is 2.46 bits per heavy atom. The van der Waals surface area contributed by atoms with Gasteiger partial charge in [-0.25, -0.2) is 0 Å². The van der Waals surface area contributed by atoms with Crippen LogP contribution in [0.5, 0.6) is 0 Å². The first-order valence-electron chi connectivity index (χ1n) is 11.5. The molecule has 4 bridgehead atoms. The number of benzene rings is 1. The molecule has 3 nitrogen and oxygen atoms in total. The Labute approximate surface area is 169 Å². The van der Waals surface area contributed by atoms with E-state index in [1.807, 2.05) is 0 Å². The standard InChI is InChI=1S/C25H34N2O/c1-22-11-19-12-24(14-22,20-5-3-2-4-6-20)16-25(13-19,15-22)21(28)27-17-23(18-27)7-9-26-10-8-23/h2-6,19,26H,7-18H2,1H3/t19?,22-,24-,25?/m1/s1. The lowest BCUT2D eigenvalue weighted by Crippen LogP contribution is -2.68. The van der Waals surface area contributed by atoms with Gasteiger partial charge in [0, 0.05) is 18.5 Å². The lowest BCUT2D eigenvalue weighted by atomic mass is 9.38. The van der Waals surface area contributed by atoms with Gasteiger partial charge in [-0.1, -0.05) is 37.3 Å². The van der Waals surface area contributed by atoms with Crippen LogP contribution >= 0.6 is 0 Å². The molecule has 2 heterocycles. The molecule has 6 fully saturated rings. The molecule has 4 atom stereocenters. The van der Waals surface area contributed by atoms with E-state index in [-0.39, 0.29) is 10.8 Å². The van der Waals surface area contributed by atoms with Crippen LogP contribution in [0.15, 0.2) is 30.3 Å². The topological polar surface area (TPSA) is 32.3 Å². The predicted molar refractivity (Wildman–Crippen MR) is 111 cm³/mol. The number of hydrogen-bond donors (Lipinski definition) is 1. The summed E-state index contributed by atoms with van der Waals surface area (Å²) in [5, 5.41) is 3.49. The Balaban J connectivity index is 1.30. The van der Waals surface area contributed by atoms with Crippen molar-refractivity contribution in [3.05, 3.63) is 35.9 Å². The summed E-state index contributed by atoms with van der Waals surface area (Å²) in [6, 6.07) is 11.2. The highest BCUT2D eigenvalue weighted by atomic mass is 16.2. The van der Waals surface area contributed by atoms with E-state index < -0.39 is 0 Å². The van der Waals surface area contributed by atoms with Crippen molar-refractivity contribution in [1.82, 2.24) is 10.2 Å². The van der Waals surface area contributed by atoms with Crippen LogP contribution in [-0.4, -0.2) is 37.0 Å². The quantitative estimate of drug-likeness (QED) is 0.839. The van der Waals surface area contributed by atoms with Gasteiger partial charge in [-0.15, -0.1) is 0 Å². The van der Waals surface area contributed by atoms with E-state index in [2.05, 4.69) is 47.5 Å². The maximum Gasteiger partial charge on any atom is 0.228 e. The minimum Gasteiger partial charge on any atom is -0.341 e. The molecular formula is C25H34N2O. The van der Waals surface area contributed by atoms with E-state index in [1.54, 1.807) is 0 Å². The van der Waals surface area contributed by atoms with Crippen LogP contribution in [0.25, 0.3) is 0 Å². The van der Waals surface area contributed by atoms with Crippen molar-refractivity contribution in [2.45, 2.75) is 63.7 Å². The second-order valence-electron chi connectivity index (χ2n) is 11.7. The van der Waals surface area contributed by atoms with E-state index in [9.17, 15) is 4.79 Å².